The van der Waals surface area contributed by atoms with Gasteiger partial charge in [-0.25, -0.2) is 8.42 Å². The number of azide groups is 1. The number of amides is 1. The van der Waals surface area contributed by atoms with Crippen LogP contribution in [0.15, 0.2) is 162 Å². The van der Waals surface area contributed by atoms with Gasteiger partial charge in [-0.2, -0.15) is 55.2 Å². The number of unbranched alkanes of at least 4 members (excludes halogenated alkanes) is 5. The van der Waals surface area contributed by atoms with Crippen LogP contribution in [0.5, 0.6) is 5.75 Å². The first-order valence-electron chi connectivity index (χ1n) is 42.0. The third-order valence-corrected chi connectivity index (χ3v) is 26.2. The van der Waals surface area contributed by atoms with Crippen molar-refractivity contribution in [3.63, 3.8) is 0 Å². The van der Waals surface area contributed by atoms with Gasteiger partial charge in [0.05, 0.1) is 68.8 Å². The van der Waals surface area contributed by atoms with Crippen molar-refractivity contribution in [1.82, 2.24) is 40.6 Å². The summed E-state index contributed by atoms with van der Waals surface area (Å²) in [6.45, 7) is 6.56. The number of nitrogens with zero attached hydrogens (tertiary/aromatic N) is 9. The Morgan fingerprint density at radius 2 is 0.957 bits per heavy atom. The van der Waals surface area contributed by atoms with Crippen molar-refractivity contribution in [2.24, 2.45) is 28.0 Å². The van der Waals surface area contributed by atoms with Gasteiger partial charge in [-0.3, -0.25) is 61.7 Å². The number of Topliss-reactive ketones (excluding diaryl/α,β-unsaturated/α-hetero) is 1. The largest absolute Gasteiger partial charge is 1.00 e. The maximum atomic E-state index is 11.6. The van der Waals surface area contributed by atoms with Gasteiger partial charge < -0.3 is 58.5 Å². The zero-order chi connectivity index (χ0) is 103. The van der Waals surface area contributed by atoms with Crippen molar-refractivity contribution >= 4 is 169 Å². The number of phenolic OH excluding ortho intramolecular Hbond substituents is 1. The molecule has 6 aromatic rings. The van der Waals surface area contributed by atoms with Gasteiger partial charge in [-0.15, -0.1) is 17.5 Å². The third kappa shape index (κ3) is 81.6. The maximum absolute atomic E-state index is 11.6. The van der Waals surface area contributed by atoms with E-state index in [0.717, 1.165) is 122 Å². The molecular weight excluding hydrogens is 2130 g/mol. The van der Waals surface area contributed by atoms with Crippen molar-refractivity contribution in [2.75, 3.05) is 130 Å². The molecule has 0 saturated heterocycles. The first-order chi connectivity index (χ1) is 63.8. The van der Waals surface area contributed by atoms with Crippen LogP contribution in [0.2, 0.25) is 0 Å². The van der Waals surface area contributed by atoms with Crippen LogP contribution in [-0.4, -0.2) is 312 Å². The number of primary amides is 1. The van der Waals surface area contributed by atoms with Gasteiger partial charge in [0.15, 0.2) is 11.0 Å². The van der Waals surface area contributed by atoms with Gasteiger partial charge in [-0.1, -0.05) is 163 Å². The number of aromatic hydroxyl groups is 1. The average molecular weight is 2260 g/mol. The van der Waals surface area contributed by atoms with Crippen LogP contribution in [0.3, 0.4) is 0 Å². The molecule has 2 atom stereocenters. The van der Waals surface area contributed by atoms with E-state index in [2.05, 4.69) is 117 Å². The number of aliphatic hydroxyl groups is 1. The first-order valence-corrected chi connectivity index (χ1v) is 56.3. The number of hydrogen-bond donors (Lipinski definition) is 17. The SMILES string of the molecule is Cl.N=C(N)SCCCS(=O)(=O)O.NC(=O)[C@H](Cc1ccc(I)cc1)NCCCS(=O)(=O)O.NCCCCCCS(=O)(=O)O.NCCCCCS(=O)(=O)O.O=C(CO)[C@H](Cc1ccccc1)NCCCS(=O)(=O)O.O=C(O)CCCN1CC=C(c2ccccc2)CC1.O=C(O)CCN1CC=C(c2ccccc2)CC1.O=S(=O)(O)CCSc1nnnn1-c1ccc(O)cc1.[N-]=[N+]=NCCCS(=O)(=O)[O-].[Na+]. The van der Waals surface area contributed by atoms with Crippen LogP contribution in [0.4, 0.5) is 0 Å². The molecule has 1 amide bonds. The van der Waals surface area contributed by atoms with Crippen LogP contribution < -0.4 is 63.1 Å². The molecule has 0 spiro atoms. The Bertz CT molecular complexity index is 5420. The number of rotatable bonds is 50. The van der Waals surface area contributed by atoms with Gasteiger partial charge in [0.1, 0.15) is 12.4 Å². The second-order valence-corrected chi connectivity index (χ2v) is 43.7. The number of aliphatic hydroxyl groups excluding tert-OH is 1. The van der Waals surface area contributed by atoms with Crippen molar-refractivity contribution in [2.45, 2.75) is 133 Å². The number of carbonyl (C=O) groups excluding carboxylic acids is 2. The van der Waals surface area contributed by atoms with Crippen LogP contribution in [0.25, 0.3) is 27.3 Å². The van der Waals surface area contributed by atoms with Crippen LogP contribution in [0.1, 0.15) is 125 Å². The van der Waals surface area contributed by atoms with Gasteiger partial charge in [0.25, 0.3) is 60.7 Å². The number of hydrogen-bond acceptors (Lipinski definition) is 34. The summed E-state index contributed by atoms with van der Waals surface area (Å²) in [5.41, 5.74) is 36.3. The summed E-state index contributed by atoms with van der Waals surface area (Å²) in [7, 11) is -27.4. The van der Waals surface area contributed by atoms with E-state index >= 15 is 0 Å². The molecule has 2 aliphatic heterocycles. The Morgan fingerprint density at radius 1 is 0.536 bits per heavy atom. The molecule has 5 aromatic carbocycles. The average Bonchev–Trinajstić information content (AvgIpc) is 1.71. The maximum Gasteiger partial charge on any atom is 1.00 e. The molecule has 0 saturated carbocycles. The fraction of sp³-hybridized carbons (Fsp3) is 0.506. The van der Waals surface area contributed by atoms with E-state index in [-0.39, 0.29) is 151 Å². The van der Waals surface area contributed by atoms with E-state index in [4.69, 9.17) is 76.5 Å². The molecule has 1 aromatic heterocycles. The van der Waals surface area contributed by atoms with Crippen molar-refractivity contribution < 1.29 is 160 Å². The number of ketones is 1. The Morgan fingerprint density at radius 3 is 1.37 bits per heavy atom. The minimum atomic E-state index is -4.14. The number of carbonyl (C=O) groups is 4. The fourth-order valence-corrected chi connectivity index (χ4v) is 17.2. The number of benzene rings is 5. The van der Waals surface area contributed by atoms with Gasteiger partial charge in [0, 0.05) is 71.4 Å². The molecule has 0 bridgehead atoms. The number of carboxylic acid groups (broad SMARTS) is 2. The van der Waals surface area contributed by atoms with E-state index in [1.807, 2.05) is 78.9 Å². The number of tetrazole rings is 1. The van der Waals surface area contributed by atoms with Gasteiger partial charge in [0.2, 0.25) is 11.1 Å². The smallest absolute Gasteiger partial charge is 0.748 e. The number of thioether (sulfide) groups is 2. The summed E-state index contributed by atoms with van der Waals surface area (Å²) >= 11 is 4.35. The molecule has 45 nitrogen and oxygen atoms in total. The minimum Gasteiger partial charge on any atom is -0.748 e. The predicted octanol–water partition coefficient (Wildman–Crippen LogP) is 3.77. The van der Waals surface area contributed by atoms with Crippen LogP contribution >= 0.6 is 58.5 Å². The molecule has 21 N–H and O–H groups in total. The fourth-order valence-electron chi connectivity index (χ4n) is 11.2. The summed E-state index contributed by atoms with van der Waals surface area (Å²) in [4.78, 5) is 50.8. The minimum absolute atomic E-state index is 0. The summed E-state index contributed by atoms with van der Waals surface area (Å²) < 4.78 is 207. The Labute approximate surface area is 858 Å². The second kappa shape index (κ2) is 76.8. The number of nitrogens with two attached hydrogens (primary N) is 4. The van der Waals surface area contributed by atoms with Crippen molar-refractivity contribution in [3.8, 4) is 11.4 Å². The standard InChI is InChI=1S/C15H19NO2.C14H17NO2.C13H19NO5S.C12H17IN2O4S.C9H10N4O4S2.C6H15NO3S.C5H13NO3S.C4H10N2O3S2.C3H7N3O3S.ClH.Na/c17-15(18)7-4-10-16-11-8-14(9-12-16)13-5-2-1-3-6-13;16-14(17)8-11-15-9-6-13(7-10-15)12-4-2-1-3-5-12;15-10-13(16)12(9-11-5-2-1-3-6-11)14-7-4-8-20(17,18)19;13-10-4-2-9(3-5-10)8-11(12(14)16)15-6-1-7-20(17,18)19;14-8-3-1-7(2-4-8)13-9(10-11-12-13)18-5-6-19(15,16)17;7-5-3-1-2-4-6-11(8,9)10;6-4-2-1-3-5-10(7,8)9;5-4(6)10-2-1-3-11(7,8)9;4-6-5-2-1-3-10(7,8)9;;/h1-3,5-6,8H,4,7,9-12H2,(H,17,18);1-6H,7-11H2,(H,16,17);1-3,5-6,12,14-15H,4,7-10H2,(H,17,18,19);2-5,11,15H,1,6-8H2,(H2,14,16)(H,17,18,19);1-4,14H,5-6H2,(H,15,16,17);1-7H2,(H,8,9,10);1-6H2,(H,7,8,9);1-3H2,(H3,5,6)(H,7,8,9);1-3H2,(H,7,8,9);1H;/q;;;;;;;;;;+1/p-1/t;;12-;11-;;;;;;;/m..00......./s1. The van der Waals surface area contributed by atoms with Crippen LogP contribution in [0, 0.1) is 8.98 Å². The molecular formula is C81H127ClIN16NaO29S9. The third-order valence-electron chi connectivity index (χ3n) is 17.9. The number of aromatic nitrogens is 4. The summed E-state index contributed by atoms with van der Waals surface area (Å²) in [5, 5.41) is 62.4. The second-order valence-electron chi connectivity index (χ2n) is 29.3. The van der Waals surface area contributed by atoms with Gasteiger partial charge in [-0.05, 0) is 225 Å². The van der Waals surface area contributed by atoms with E-state index in [1.165, 1.54) is 39.1 Å². The molecule has 138 heavy (non-hydrogen) atoms. The van der Waals surface area contributed by atoms with Crippen molar-refractivity contribution in [1.29, 1.82) is 5.41 Å². The number of amidine groups is 1. The Balaban J connectivity index is -0.00000150. The zero-order valence-corrected chi connectivity index (χ0v) is 88.5. The predicted molar refractivity (Wildman–Crippen MR) is 537 cm³/mol. The molecule has 0 radical (unpaired) electrons. The molecule has 0 fully saturated rings. The normalized spacial score (nSPS) is 13.0. The molecule has 774 valence electrons. The summed E-state index contributed by atoms with van der Waals surface area (Å²) in [6, 6.07) is 42.9. The summed E-state index contributed by atoms with van der Waals surface area (Å²) in [5.74, 6) is -3.64. The molecule has 57 heteroatoms. The van der Waals surface area contributed by atoms with Gasteiger partial charge >= 0.3 is 41.5 Å². The number of halogens is 2. The molecule has 0 unspecified atom stereocenters. The number of nitrogens with one attached hydrogen (secondary N) is 3. The molecule has 0 aliphatic carbocycles. The Hall–Kier alpha value is -6.88. The van der Waals surface area contributed by atoms with E-state index < -0.39 is 113 Å². The molecule has 2 aliphatic rings. The van der Waals surface area contributed by atoms with Crippen molar-refractivity contribution in [3.05, 3.63) is 188 Å². The zero-order valence-electron chi connectivity index (χ0n) is 76.2. The number of carboxylic acids is 2. The Kier molecular flexibility index (Phi) is 75.2. The number of aliphatic carboxylic acids is 2. The van der Waals surface area contributed by atoms with E-state index in [1.54, 1.807) is 12.1 Å². The van der Waals surface area contributed by atoms with Crippen LogP contribution in [-0.2, 0) is 103 Å². The number of phenols is 1. The van der Waals surface area contributed by atoms with E-state index in [0.29, 0.717) is 68.3 Å². The van der Waals surface area contributed by atoms with E-state index in [9.17, 15) is 87.8 Å². The molecule has 3 heterocycles. The monoisotopic (exact) mass is 2260 g/mol. The molecule has 8 rings (SSSR count). The topological polar surface area (TPSA) is 783 Å². The summed E-state index contributed by atoms with van der Waals surface area (Å²) in [6.07, 6.45) is 14.7. The first kappa shape index (κ1) is 135. The quantitative estimate of drug-likeness (QED) is 0.00247.